The summed E-state index contributed by atoms with van der Waals surface area (Å²) in [6.45, 7) is 7.84. The normalized spacial score (nSPS) is 17.4. The van der Waals surface area contributed by atoms with Gasteiger partial charge in [0, 0.05) is 56.1 Å². The number of amides is 4. The third-order valence-electron chi connectivity index (χ3n) is 5.45. The summed E-state index contributed by atoms with van der Waals surface area (Å²) in [5.74, 6) is -0.784. The zero-order valence-electron chi connectivity index (χ0n) is 18.6. The molecule has 2 heterocycles. The zero-order valence-corrected chi connectivity index (χ0v) is 18.6. The maximum atomic E-state index is 12.4. The van der Waals surface area contributed by atoms with Crippen LogP contribution >= 0.6 is 0 Å². The Labute approximate surface area is 183 Å². The maximum absolute atomic E-state index is 12.4. The molecule has 2 aliphatic heterocycles. The predicted molar refractivity (Wildman–Crippen MR) is 113 cm³/mol. The number of carbonyl (C=O) groups excluding carboxylic acids is 5. The number of nitrogens with zero attached hydrogens (tertiary/aromatic N) is 2. The highest BCUT2D eigenvalue weighted by molar-refractivity contribution is 6.13. The van der Waals surface area contributed by atoms with Crippen LogP contribution in [0.1, 0.15) is 46.5 Å². The Hall–Kier alpha value is -2.55. The number of Topliss-reactive ketones (excluding diaryl/α,β-unsaturated/α-hetero) is 1. The Morgan fingerprint density at radius 3 is 2.23 bits per heavy atom. The van der Waals surface area contributed by atoms with E-state index < -0.39 is 11.8 Å². The van der Waals surface area contributed by atoms with Crippen molar-refractivity contribution >= 4 is 29.4 Å². The summed E-state index contributed by atoms with van der Waals surface area (Å²) in [4.78, 5) is 62.1. The lowest BCUT2D eigenvalue weighted by molar-refractivity contribution is -0.138. The van der Waals surface area contributed by atoms with Gasteiger partial charge >= 0.3 is 0 Å². The molecule has 0 unspecified atom stereocenters. The first-order valence-electron chi connectivity index (χ1n) is 10.8. The average Bonchev–Trinajstić information content (AvgIpc) is 3.05. The fraction of sp³-hybridized carbons (Fsp3) is 0.682. The second kappa shape index (κ2) is 11.2. The number of rotatable bonds is 10. The predicted octanol–water partition coefficient (Wildman–Crippen LogP) is 0.678. The summed E-state index contributed by atoms with van der Waals surface area (Å²) in [5.41, 5.74) is -0.347. The SMILES string of the molecule is CC(C)(C)C(=O)C1CCN(C(=O)CCOCCNC(=O)CCN2C(=O)C=CC2=O)CC1. The van der Waals surface area contributed by atoms with Crippen molar-refractivity contribution in [2.45, 2.75) is 46.5 Å². The Morgan fingerprint density at radius 1 is 1.03 bits per heavy atom. The molecule has 0 aliphatic carbocycles. The van der Waals surface area contributed by atoms with E-state index in [4.69, 9.17) is 4.74 Å². The third kappa shape index (κ3) is 7.57. The van der Waals surface area contributed by atoms with Crippen LogP contribution in [0.4, 0.5) is 0 Å². The number of likely N-dealkylation sites (tertiary alicyclic amines) is 1. The van der Waals surface area contributed by atoms with Crippen molar-refractivity contribution in [2.75, 3.05) is 39.4 Å². The molecule has 0 aromatic rings. The van der Waals surface area contributed by atoms with Gasteiger partial charge in [-0.2, -0.15) is 0 Å². The topological polar surface area (TPSA) is 113 Å². The third-order valence-corrected chi connectivity index (χ3v) is 5.45. The van der Waals surface area contributed by atoms with Crippen LogP contribution in [0.15, 0.2) is 12.2 Å². The maximum Gasteiger partial charge on any atom is 0.253 e. The summed E-state index contributed by atoms with van der Waals surface area (Å²) in [5, 5.41) is 2.65. The standard InChI is InChI=1S/C22H33N3O6/c1-22(2,3)21(30)16-6-11-24(12-7-16)18(27)9-14-31-15-10-23-17(26)8-13-25-19(28)4-5-20(25)29/h4-5,16H,6-15H2,1-3H3,(H,23,26). The van der Waals surface area contributed by atoms with Gasteiger partial charge in [0.1, 0.15) is 5.78 Å². The molecule has 0 spiro atoms. The number of hydrogen-bond acceptors (Lipinski definition) is 6. The molecule has 172 valence electrons. The number of hydrogen-bond donors (Lipinski definition) is 1. The molecule has 2 aliphatic rings. The average molecular weight is 436 g/mol. The van der Waals surface area contributed by atoms with E-state index in [1.807, 2.05) is 20.8 Å². The minimum atomic E-state index is -0.407. The summed E-state index contributed by atoms with van der Waals surface area (Å²) < 4.78 is 5.42. The zero-order chi connectivity index (χ0) is 23.0. The molecule has 0 saturated carbocycles. The minimum Gasteiger partial charge on any atom is -0.379 e. The van der Waals surface area contributed by atoms with E-state index in [2.05, 4.69) is 5.32 Å². The van der Waals surface area contributed by atoms with E-state index in [1.54, 1.807) is 4.90 Å². The van der Waals surface area contributed by atoms with Gasteiger partial charge in [-0.1, -0.05) is 20.8 Å². The molecule has 1 N–H and O–H groups in total. The lowest BCUT2D eigenvalue weighted by atomic mass is 9.79. The van der Waals surface area contributed by atoms with Gasteiger partial charge in [-0.05, 0) is 12.8 Å². The molecule has 0 radical (unpaired) electrons. The molecule has 0 aromatic carbocycles. The molecule has 0 atom stereocenters. The molecule has 1 saturated heterocycles. The molecule has 31 heavy (non-hydrogen) atoms. The first kappa shape index (κ1) is 24.7. The largest absolute Gasteiger partial charge is 0.379 e. The molecule has 0 aromatic heterocycles. The van der Waals surface area contributed by atoms with Gasteiger partial charge in [-0.25, -0.2) is 0 Å². The van der Waals surface area contributed by atoms with Gasteiger partial charge < -0.3 is 15.0 Å². The lowest BCUT2D eigenvalue weighted by Crippen LogP contribution is -2.42. The van der Waals surface area contributed by atoms with Crippen molar-refractivity contribution in [3.8, 4) is 0 Å². The molecule has 9 heteroatoms. The van der Waals surface area contributed by atoms with Gasteiger partial charge in [0.2, 0.25) is 11.8 Å². The first-order chi connectivity index (χ1) is 14.6. The fourth-order valence-electron chi connectivity index (χ4n) is 3.64. The number of carbonyl (C=O) groups is 5. The molecule has 0 bridgehead atoms. The van der Waals surface area contributed by atoms with Gasteiger partial charge in [-0.15, -0.1) is 0 Å². The van der Waals surface area contributed by atoms with Crippen LogP contribution in [0.2, 0.25) is 0 Å². The van der Waals surface area contributed by atoms with Crippen molar-refractivity contribution in [1.29, 1.82) is 0 Å². The van der Waals surface area contributed by atoms with Crippen LogP contribution in [0.5, 0.6) is 0 Å². The Balaban J connectivity index is 1.51. The summed E-state index contributed by atoms with van der Waals surface area (Å²) in [6.07, 6.45) is 4.08. The monoisotopic (exact) mass is 435 g/mol. The number of ether oxygens (including phenoxy) is 1. The van der Waals surface area contributed by atoms with Crippen molar-refractivity contribution in [3.05, 3.63) is 12.2 Å². The Bertz CT molecular complexity index is 714. The molecule has 4 amide bonds. The van der Waals surface area contributed by atoms with Crippen LogP contribution in [0.3, 0.4) is 0 Å². The molecular weight excluding hydrogens is 402 g/mol. The van der Waals surface area contributed by atoms with Crippen LogP contribution in [0, 0.1) is 11.3 Å². The van der Waals surface area contributed by atoms with Gasteiger partial charge in [0.15, 0.2) is 0 Å². The Morgan fingerprint density at radius 2 is 1.65 bits per heavy atom. The van der Waals surface area contributed by atoms with Crippen LogP contribution < -0.4 is 5.32 Å². The highest BCUT2D eigenvalue weighted by Crippen LogP contribution is 2.27. The Kier molecular flexibility index (Phi) is 8.91. The second-order valence-corrected chi connectivity index (χ2v) is 8.89. The van der Waals surface area contributed by atoms with E-state index in [0.717, 1.165) is 4.90 Å². The van der Waals surface area contributed by atoms with Crippen LogP contribution in [-0.4, -0.2) is 78.6 Å². The quantitative estimate of drug-likeness (QED) is 0.399. The summed E-state index contributed by atoms with van der Waals surface area (Å²) in [6, 6.07) is 0. The van der Waals surface area contributed by atoms with E-state index in [9.17, 15) is 24.0 Å². The van der Waals surface area contributed by atoms with E-state index >= 15 is 0 Å². The number of ketones is 1. The first-order valence-corrected chi connectivity index (χ1v) is 10.8. The van der Waals surface area contributed by atoms with Crippen LogP contribution in [-0.2, 0) is 28.7 Å². The highest BCUT2D eigenvalue weighted by Gasteiger charge is 2.33. The molecule has 9 nitrogen and oxygen atoms in total. The number of piperidine rings is 1. The molecule has 1 fully saturated rings. The van der Waals surface area contributed by atoms with E-state index in [1.165, 1.54) is 12.2 Å². The van der Waals surface area contributed by atoms with Crippen LogP contribution in [0.25, 0.3) is 0 Å². The van der Waals surface area contributed by atoms with Crippen molar-refractivity contribution in [2.24, 2.45) is 11.3 Å². The van der Waals surface area contributed by atoms with E-state index in [-0.39, 0.29) is 68.1 Å². The van der Waals surface area contributed by atoms with Crippen molar-refractivity contribution in [3.63, 3.8) is 0 Å². The smallest absolute Gasteiger partial charge is 0.253 e. The number of nitrogens with one attached hydrogen (secondary N) is 1. The molecular formula is C22H33N3O6. The van der Waals surface area contributed by atoms with Gasteiger partial charge in [0.25, 0.3) is 11.8 Å². The number of imide groups is 1. The van der Waals surface area contributed by atoms with Gasteiger partial charge in [-0.3, -0.25) is 28.9 Å². The van der Waals surface area contributed by atoms with E-state index in [0.29, 0.717) is 25.9 Å². The highest BCUT2D eigenvalue weighted by atomic mass is 16.5. The van der Waals surface area contributed by atoms with Crippen molar-refractivity contribution in [1.82, 2.24) is 15.1 Å². The fourth-order valence-corrected chi connectivity index (χ4v) is 3.64. The second-order valence-electron chi connectivity index (χ2n) is 8.89. The minimum absolute atomic E-state index is 0.0132. The van der Waals surface area contributed by atoms with Gasteiger partial charge in [0.05, 0.1) is 19.6 Å². The summed E-state index contributed by atoms with van der Waals surface area (Å²) in [7, 11) is 0. The summed E-state index contributed by atoms with van der Waals surface area (Å²) >= 11 is 0. The van der Waals surface area contributed by atoms with Crippen molar-refractivity contribution < 1.29 is 28.7 Å². The molecule has 2 rings (SSSR count). The lowest BCUT2D eigenvalue weighted by Gasteiger charge is -2.34.